The summed E-state index contributed by atoms with van der Waals surface area (Å²) in [6.45, 7) is 4.56. The molecule has 94 valence electrons. The Morgan fingerprint density at radius 1 is 1.59 bits per heavy atom. The van der Waals surface area contributed by atoms with Crippen LogP contribution in [0.4, 0.5) is 0 Å². The number of carbonyl (C=O) groups is 1. The molecule has 3 unspecified atom stereocenters. The molecule has 1 aliphatic carbocycles. The second-order valence-electron chi connectivity index (χ2n) is 4.78. The van der Waals surface area contributed by atoms with Crippen LogP contribution >= 0.6 is 11.8 Å². The van der Waals surface area contributed by atoms with Crippen molar-refractivity contribution >= 4 is 17.7 Å². The molecule has 17 heavy (non-hydrogen) atoms. The van der Waals surface area contributed by atoms with Crippen molar-refractivity contribution in [3.05, 3.63) is 12.4 Å². The van der Waals surface area contributed by atoms with E-state index in [2.05, 4.69) is 23.4 Å². The van der Waals surface area contributed by atoms with Crippen LogP contribution in [0.25, 0.3) is 0 Å². The number of hydrogen-bond donors (Lipinski definition) is 1. The highest BCUT2D eigenvalue weighted by Gasteiger charge is 2.31. The molecule has 2 rings (SSSR count). The second kappa shape index (κ2) is 5.12. The van der Waals surface area contributed by atoms with E-state index >= 15 is 0 Å². The van der Waals surface area contributed by atoms with Crippen molar-refractivity contribution in [2.45, 2.75) is 37.9 Å². The Labute approximate surface area is 105 Å². The number of aliphatic carboxylic acids is 1. The van der Waals surface area contributed by atoms with Gasteiger partial charge in [0.15, 0.2) is 5.16 Å². The molecule has 0 bridgehead atoms. The van der Waals surface area contributed by atoms with E-state index in [9.17, 15) is 4.79 Å². The van der Waals surface area contributed by atoms with E-state index in [4.69, 9.17) is 5.11 Å². The Morgan fingerprint density at radius 3 is 2.94 bits per heavy atom. The Bertz CT molecular complexity index is 405. The Balaban J connectivity index is 2.11. The average molecular weight is 254 g/mol. The van der Waals surface area contributed by atoms with E-state index in [1.807, 2.05) is 6.20 Å². The standard InChI is InChI=1S/C12H18N2O2S/c1-8-3-4-10(9(8)2)14-6-5-13-12(14)17-7-11(15)16/h5-6,8-10H,3-4,7H2,1-2H3,(H,15,16). The number of thioether (sulfide) groups is 1. The number of aromatic nitrogens is 2. The zero-order valence-electron chi connectivity index (χ0n) is 10.2. The Morgan fingerprint density at radius 2 is 2.35 bits per heavy atom. The normalized spacial score (nSPS) is 28.5. The van der Waals surface area contributed by atoms with Crippen LogP contribution in [0.2, 0.25) is 0 Å². The average Bonchev–Trinajstić information content (AvgIpc) is 2.85. The van der Waals surface area contributed by atoms with Crippen LogP contribution < -0.4 is 0 Å². The summed E-state index contributed by atoms with van der Waals surface area (Å²) >= 11 is 1.30. The topological polar surface area (TPSA) is 55.1 Å². The highest BCUT2D eigenvalue weighted by Crippen LogP contribution is 2.41. The molecule has 0 aromatic carbocycles. The van der Waals surface area contributed by atoms with Gasteiger partial charge in [-0.15, -0.1) is 0 Å². The van der Waals surface area contributed by atoms with Crippen LogP contribution in [-0.2, 0) is 4.79 Å². The molecule has 1 heterocycles. The summed E-state index contributed by atoms with van der Waals surface area (Å²) in [6.07, 6.45) is 6.15. The molecule has 0 aliphatic heterocycles. The van der Waals surface area contributed by atoms with Gasteiger partial charge in [-0.1, -0.05) is 25.6 Å². The minimum absolute atomic E-state index is 0.0771. The zero-order valence-corrected chi connectivity index (χ0v) is 11.0. The first-order valence-corrected chi connectivity index (χ1v) is 6.95. The molecule has 0 radical (unpaired) electrons. The van der Waals surface area contributed by atoms with Crippen molar-refractivity contribution in [3.8, 4) is 0 Å². The van der Waals surface area contributed by atoms with Crippen molar-refractivity contribution in [2.75, 3.05) is 5.75 Å². The van der Waals surface area contributed by atoms with Crippen LogP contribution in [0.3, 0.4) is 0 Å². The third-order valence-electron chi connectivity index (χ3n) is 3.74. The minimum Gasteiger partial charge on any atom is -0.481 e. The van der Waals surface area contributed by atoms with Crippen molar-refractivity contribution in [1.29, 1.82) is 0 Å². The van der Waals surface area contributed by atoms with Crippen LogP contribution in [0.1, 0.15) is 32.7 Å². The van der Waals surface area contributed by atoms with Crippen LogP contribution in [0.5, 0.6) is 0 Å². The van der Waals surface area contributed by atoms with Crippen molar-refractivity contribution < 1.29 is 9.90 Å². The quantitative estimate of drug-likeness (QED) is 0.839. The maximum absolute atomic E-state index is 10.6. The predicted octanol–water partition coefficient (Wildman–Crippen LogP) is 2.67. The molecular weight excluding hydrogens is 236 g/mol. The molecule has 1 fully saturated rings. The van der Waals surface area contributed by atoms with E-state index in [-0.39, 0.29) is 5.75 Å². The van der Waals surface area contributed by atoms with Gasteiger partial charge in [0, 0.05) is 18.4 Å². The lowest BCUT2D eigenvalue weighted by molar-refractivity contribution is -0.133. The molecule has 1 saturated carbocycles. The third kappa shape index (κ3) is 2.65. The molecule has 0 spiro atoms. The van der Waals surface area contributed by atoms with Gasteiger partial charge in [0.1, 0.15) is 0 Å². The molecule has 3 atom stereocenters. The van der Waals surface area contributed by atoms with Gasteiger partial charge in [-0.2, -0.15) is 0 Å². The number of hydrogen-bond acceptors (Lipinski definition) is 3. The molecule has 1 aliphatic rings. The van der Waals surface area contributed by atoms with Crippen LogP contribution in [-0.4, -0.2) is 26.4 Å². The number of carboxylic acid groups (broad SMARTS) is 1. The van der Waals surface area contributed by atoms with E-state index in [1.54, 1.807) is 6.20 Å². The molecule has 5 heteroatoms. The monoisotopic (exact) mass is 254 g/mol. The largest absolute Gasteiger partial charge is 0.481 e. The molecule has 1 aromatic heterocycles. The summed E-state index contributed by atoms with van der Waals surface area (Å²) in [5.41, 5.74) is 0. The summed E-state index contributed by atoms with van der Waals surface area (Å²) < 4.78 is 2.15. The zero-order chi connectivity index (χ0) is 12.4. The molecule has 4 nitrogen and oxygen atoms in total. The lowest BCUT2D eigenvalue weighted by atomic mass is 9.98. The van der Waals surface area contributed by atoms with Crippen LogP contribution in [0, 0.1) is 11.8 Å². The third-order valence-corrected chi connectivity index (χ3v) is 4.70. The van der Waals surface area contributed by atoms with E-state index in [1.165, 1.54) is 24.6 Å². The maximum Gasteiger partial charge on any atom is 0.313 e. The van der Waals surface area contributed by atoms with Gasteiger partial charge in [0.2, 0.25) is 0 Å². The van der Waals surface area contributed by atoms with Gasteiger partial charge in [-0.3, -0.25) is 4.79 Å². The maximum atomic E-state index is 10.6. The Kier molecular flexibility index (Phi) is 3.76. The fourth-order valence-electron chi connectivity index (χ4n) is 2.52. The van der Waals surface area contributed by atoms with Gasteiger partial charge in [-0.25, -0.2) is 4.98 Å². The summed E-state index contributed by atoms with van der Waals surface area (Å²) in [6, 6.07) is 0.476. The SMILES string of the molecule is CC1CCC(n2ccnc2SCC(=O)O)C1C. The fourth-order valence-corrected chi connectivity index (χ4v) is 3.25. The molecule has 1 aromatic rings. The van der Waals surface area contributed by atoms with Gasteiger partial charge in [0.05, 0.1) is 5.75 Å². The second-order valence-corrected chi connectivity index (χ2v) is 5.72. The first-order valence-electron chi connectivity index (χ1n) is 5.97. The summed E-state index contributed by atoms with van der Waals surface area (Å²) in [5, 5.41) is 9.54. The highest BCUT2D eigenvalue weighted by molar-refractivity contribution is 7.99. The van der Waals surface area contributed by atoms with E-state index in [0.717, 1.165) is 11.1 Å². The van der Waals surface area contributed by atoms with Crippen molar-refractivity contribution in [2.24, 2.45) is 11.8 Å². The predicted molar refractivity (Wildman–Crippen MR) is 67.2 cm³/mol. The minimum atomic E-state index is -0.794. The van der Waals surface area contributed by atoms with Gasteiger partial charge < -0.3 is 9.67 Å². The van der Waals surface area contributed by atoms with Crippen molar-refractivity contribution in [1.82, 2.24) is 9.55 Å². The number of nitrogens with zero attached hydrogens (tertiary/aromatic N) is 2. The van der Waals surface area contributed by atoms with Crippen molar-refractivity contribution in [3.63, 3.8) is 0 Å². The first-order chi connectivity index (χ1) is 8.09. The number of carboxylic acids is 1. The molecule has 0 amide bonds. The number of rotatable bonds is 4. The molecule has 0 saturated heterocycles. The smallest absolute Gasteiger partial charge is 0.313 e. The Hall–Kier alpha value is -0.970. The highest BCUT2D eigenvalue weighted by atomic mass is 32.2. The lowest BCUT2D eigenvalue weighted by Gasteiger charge is -2.21. The van der Waals surface area contributed by atoms with Gasteiger partial charge in [-0.05, 0) is 24.7 Å². The van der Waals surface area contributed by atoms with E-state index in [0.29, 0.717) is 12.0 Å². The van der Waals surface area contributed by atoms with Gasteiger partial charge >= 0.3 is 5.97 Å². The lowest BCUT2D eigenvalue weighted by Crippen LogP contribution is -2.15. The fraction of sp³-hybridized carbons (Fsp3) is 0.667. The van der Waals surface area contributed by atoms with E-state index < -0.39 is 5.97 Å². The van der Waals surface area contributed by atoms with Gasteiger partial charge in [0.25, 0.3) is 0 Å². The van der Waals surface area contributed by atoms with Crippen LogP contribution in [0.15, 0.2) is 17.6 Å². The first kappa shape index (κ1) is 12.5. The number of imidazole rings is 1. The summed E-state index contributed by atoms with van der Waals surface area (Å²) in [4.78, 5) is 14.8. The molecular formula is C12H18N2O2S. The molecule has 1 N–H and O–H groups in total. The summed E-state index contributed by atoms with van der Waals surface area (Å²) in [5.74, 6) is 0.652. The summed E-state index contributed by atoms with van der Waals surface area (Å²) in [7, 11) is 0.